The zero-order chi connectivity index (χ0) is 70.9. The van der Waals surface area contributed by atoms with Gasteiger partial charge in [0.1, 0.15) is 12.9 Å². The van der Waals surface area contributed by atoms with Crippen molar-refractivity contribution in [3.05, 3.63) is 0 Å². The molecule has 0 aromatic rings. The van der Waals surface area contributed by atoms with E-state index in [1.54, 1.807) is 34.6 Å². The predicted molar refractivity (Wildman–Crippen MR) is 361 cm³/mol. The molecule has 0 aromatic carbocycles. The van der Waals surface area contributed by atoms with Crippen molar-refractivity contribution in [3.8, 4) is 0 Å². The second kappa shape index (κ2) is 28.9. The maximum Gasteiger partial charge on any atom is 1.00 e. The van der Waals surface area contributed by atoms with Gasteiger partial charge in [0.25, 0.3) is 0 Å². The van der Waals surface area contributed by atoms with Crippen molar-refractivity contribution in [3.63, 3.8) is 0 Å². The van der Waals surface area contributed by atoms with E-state index in [1.165, 1.54) is 40.0 Å². The van der Waals surface area contributed by atoms with Crippen LogP contribution < -0.4 is 29.6 Å². The van der Waals surface area contributed by atoms with Gasteiger partial charge in [-0.1, -0.05) is 69.2 Å². The van der Waals surface area contributed by atoms with Crippen molar-refractivity contribution in [2.75, 3.05) is 33.0 Å². The van der Waals surface area contributed by atoms with Crippen LogP contribution in [0.3, 0.4) is 0 Å². The summed E-state index contributed by atoms with van der Waals surface area (Å²) in [5, 5.41) is 66.0. The number of hydrogen-bond acceptors (Lipinski definition) is 20. The van der Waals surface area contributed by atoms with E-state index < -0.39 is 72.3 Å². The zero-order valence-electron chi connectivity index (χ0n) is 64.0. The molecule has 20 nitrogen and oxygen atoms in total. The normalized spacial score (nSPS) is 45.8. The Bertz CT molecular complexity index is 2860. The molecule has 12 fully saturated rings. The van der Waals surface area contributed by atoms with E-state index >= 15 is 0 Å². The van der Waals surface area contributed by atoms with Crippen LogP contribution >= 0.6 is 0 Å². The van der Waals surface area contributed by atoms with Gasteiger partial charge in [0, 0.05) is 40.0 Å². The second-order valence-electron chi connectivity index (χ2n) is 35.9. The Kier molecular flexibility index (Phi) is 24.2. The summed E-state index contributed by atoms with van der Waals surface area (Å²) in [6, 6.07) is 0. The van der Waals surface area contributed by atoms with Crippen LogP contribution in [0.4, 0.5) is 0 Å². The Hall–Kier alpha value is -1.67. The molecule has 2 heterocycles. The van der Waals surface area contributed by atoms with Crippen molar-refractivity contribution < 1.29 is 128 Å². The fourth-order valence-electron chi connectivity index (χ4n) is 26.3. The minimum atomic E-state index is -1.28. The molecule has 12 aliphatic rings. The van der Waals surface area contributed by atoms with Crippen LogP contribution in [-0.4, -0.2) is 187 Å². The molecule has 22 heteroatoms. The van der Waals surface area contributed by atoms with Gasteiger partial charge in [-0.15, -0.1) is 0 Å². The van der Waals surface area contributed by atoms with Gasteiger partial charge in [-0.25, -0.2) is 0 Å². The Morgan fingerprint density at radius 3 is 1.33 bits per heavy atom. The molecule has 0 amide bonds. The predicted octanol–water partition coefficient (Wildman–Crippen LogP) is 6.15. The Balaban J connectivity index is 0.000000250. The van der Waals surface area contributed by atoms with E-state index in [-0.39, 0.29) is 174 Å². The van der Waals surface area contributed by atoms with Gasteiger partial charge in [-0.3, -0.25) is 19.2 Å². The molecule has 553 valence electrons. The number of carbonyl (C=O) groups excluding carboxylic acids is 5. The summed E-state index contributed by atoms with van der Waals surface area (Å²) in [7, 11) is 0. The van der Waals surface area contributed by atoms with Crippen molar-refractivity contribution >= 4 is 38.9 Å². The summed E-state index contributed by atoms with van der Waals surface area (Å²) in [5.74, 6) is 1.41. The largest absolute Gasteiger partial charge is 1.00 e. The van der Waals surface area contributed by atoms with Crippen LogP contribution in [0, 0.1) is 101 Å². The van der Waals surface area contributed by atoms with Gasteiger partial charge in [0.05, 0.1) is 86.5 Å². The molecule has 10 saturated carbocycles. The SMILES string of the molecule is CC(=O)O[C@@H]([C@H]1C[C@@H](C)[C@H]2[C@H](O1)[C@H](O)[C@@]1(C)[C@@H]3CC[C@H]4C(C)(C)[C@@H](O[C@@H](C=O)OCC=O)CC[C@@]45C[C@@]35CC[C@]21C)C(C)(C)O.CC(=O)O[C@@H]([C@H]1C[C@@H](C)[C@H]2[C@H](O1)[C@H](O)[C@@]1(C)[C@@H]3CC[C@H]4C(C)(C)[C@@H](O[C@@H](CO)OCCO)CC[C@@]45C[C@@]35CC[C@]21C)C(C)(C)O.CCOC(C)=O.[B].[H-].[Na+]. The third-order valence-corrected chi connectivity index (χ3v) is 30.1. The number of aldehydes is 2. The quantitative estimate of drug-likeness (QED) is 0.0278. The summed E-state index contributed by atoms with van der Waals surface area (Å²) in [4.78, 5) is 56.4. The number of esters is 3. The van der Waals surface area contributed by atoms with E-state index in [2.05, 4.69) is 74.0 Å². The molecule has 4 spiro atoms. The monoisotopic (exact) mass is 1390 g/mol. The smallest absolute Gasteiger partial charge is 1.00 e. The molecular weight excluding hydrogens is 1270 g/mol. The summed E-state index contributed by atoms with van der Waals surface area (Å²) < 4.78 is 52.9. The van der Waals surface area contributed by atoms with Crippen molar-refractivity contribution in [2.24, 2.45) is 101 Å². The van der Waals surface area contributed by atoms with Crippen LogP contribution in [0.15, 0.2) is 0 Å². The molecule has 0 aromatic heterocycles. The van der Waals surface area contributed by atoms with E-state index in [9.17, 15) is 54.6 Å². The number of rotatable bonds is 19. The van der Waals surface area contributed by atoms with Crippen LogP contribution in [0.25, 0.3) is 0 Å². The fourth-order valence-corrected chi connectivity index (χ4v) is 26.3. The van der Waals surface area contributed by atoms with E-state index in [0.717, 1.165) is 70.6 Å². The molecule has 3 radical (unpaired) electrons. The van der Waals surface area contributed by atoms with Crippen molar-refractivity contribution in [1.82, 2.24) is 0 Å². The van der Waals surface area contributed by atoms with Gasteiger partial charge in [-0.2, -0.15) is 0 Å². The average molecular weight is 1390 g/mol. The maximum absolute atomic E-state index is 12.5. The number of fused-ring (bicyclic) bond motifs is 8. The Morgan fingerprint density at radius 2 is 0.990 bits per heavy atom. The molecule has 10 aliphatic carbocycles. The first-order valence-corrected chi connectivity index (χ1v) is 36.9. The first-order valence-electron chi connectivity index (χ1n) is 36.9. The molecule has 2 saturated heterocycles. The summed E-state index contributed by atoms with van der Waals surface area (Å²) >= 11 is 0. The van der Waals surface area contributed by atoms with Crippen molar-refractivity contribution in [2.45, 2.75) is 312 Å². The number of hydrogen-bond donors (Lipinski definition) is 6. The number of aliphatic hydroxyl groups excluding tert-OH is 4. The molecule has 98 heavy (non-hydrogen) atoms. The molecular formula is C76H125BNaO20. The molecule has 0 unspecified atom stereocenters. The topological polar surface area (TPSA) is 290 Å². The van der Waals surface area contributed by atoms with Gasteiger partial charge >= 0.3 is 47.5 Å². The number of aliphatic hydroxyl groups is 6. The average Bonchev–Trinajstić information content (AvgIpc) is 1.47. The molecule has 6 N–H and O–H groups in total. The fraction of sp³-hybridized carbons (Fsp3) is 0.934. The van der Waals surface area contributed by atoms with Gasteiger partial charge in [-0.05, 0) is 228 Å². The third kappa shape index (κ3) is 12.8. The van der Waals surface area contributed by atoms with Crippen LogP contribution in [0.1, 0.15) is 229 Å². The summed E-state index contributed by atoms with van der Waals surface area (Å²) in [6.07, 6.45) is 10.9. The third-order valence-electron chi connectivity index (χ3n) is 30.1. The van der Waals surface area contributed by atoms with Gasteiger partial charge < -0.3 is 79.5 Å². The van der Waals surface area contributed by atoms with Crippen molar-refractivity contribution in [1.29, 1.82) is 0 Å². The van der Waals surface area contributed by atoms with Crippen LogP contribution in [-0.2, 0) is 66.6 Å². The number of carbonyl (C=O) groups is 5. The minimum absolute atomic E-state index is 0. The van der Waals surface area contributed by atoms with E-state index in [1.807, 2.05) is 0 Å². The first kappa shape index (κ1) is 82.0. The molecule has 2 aliphatic heterocycles. The van der Waals surface area contributed by atoms with Gasteiger partial charge in [0.2, 0.25) is 6.29 Å². The minimum Gasteiger partial charge on any atom is -1.00 e. The van der Waals surface area contributed by atoms with Crippen LogP contribution in [0.2, 0.25) is 0 Å². The zero-order valence-corrected chi connectivity index (χ0v) is 65.0. The number of ether oxygens (including phenoxy) is 9. The summed E-state index contributed by atoms with van der Waals surface area (Å²) in [5.41, 5.74) is -2.90. The second-order valence-corrected chi connectivity index (χ2v) is 35.9. The van der Waals surface area contributed by atoms with E-state index in [4.69, 9.17) is 37.9 Å². The Labute approximate surface area is 610 Å². The standard InChI is InChI=1S/C36H60O9.C36H56O9.C4H8O2.B.Na.H/c2*1-20-17-22(30(32(5,6)41)43-21(2)39)44-28-27(20)33(7)13-14-36-19-35(36)12-11-25(45-26(18-38)42-16-15-37)31(3,4)23(35)9-10-24(36)34(33,8)29(28)40;1-3-6-4(2)5;;;/h20,22-30,37-38,40-41H,9-19H2,1-8H3;15,18,20,22-30,40-41H,9-14,16-17,19H2,1-8H3;3H2,1-2H3;;;/q;;;;+1;-1/t2*20-,22-,23+,24+,25+,26+,27+,28+,29+,30+,33-,34-,35-,36+;;;;/m11..../s1. The van der Waals surface area contributed by atoms with Crippen LogP contribution in [0.5, 0.6) is 0 Å². The van der Waals surface area contributed by atoms with E-state index in [0.29, 0.717) is 55.7 Å². The first-order chi connectivity index (χ1) is 44.7. The molecule has 12 rings (SSSR count). The molecule has 0 bridgehead atoms. The maximum atomic E-state index is 12.5. The molecule has 28 atom stereocenters. The van der Waals surface area contributed by atoms with Gasteiger partial charge in [0.15, 0.2) is 24.8 Å². The summed E-state index contributed by atoms with van der Waals surface area (Å²) in [6.45, 7) is 35.9. The Morgan fingerprint density at radius 1 is 0.592 bits per heavy atom.